The van der Waals surface area contributed by atoms with Crippen LogP contribution in [0.5, 0.6) is 0 Å². The normalized spacial score (nSPS) is 10.3. The maximum Gasteiger partial charge on any atom is 0.207 e. The fourth-order valence-corrected chi connectivity index (χ4v) is 1.68. The Morgan fingerprint density at radius 3 is 3.06 bits per heavy atom. The lowest BCUT2D eigenvalue weighted by atomic mass is 10.2. The van der Waals surface area contributed by atoms with Crippen LogP contribution in [0.2, 0.25) is 0 Å². The van der Waals surface area contributed by atoms with Gasteiger partial charge in [-0.25, -0.2) is 0 Å². The number of hydrogen-bond acceptors (Lipinski definition) is 3. The van der Waals surface area contributed by atoms with E-state index in [-0.39, 0.29) is 5.43 Å². The molecule has 0 amide bonds. The van der Waals surface area contributed by atoms with Crippen LogP contribution in [0.4, 0.5) is 0 Å². The van der Waals surface area contributed by atoms with Crippen LogP contribution in [0.15, 0.2) is 35.3 Å². The fourth-order valence-electron chi connectivity index (χ4n) is 1.68. The van der Waals surface area contributed by atoms with Crippen molar-refractivity contribution in [1.29, 1.82) is 0 Å². The average molecular weight is 227 g/mol. The van der Waals surface area contributed by atoms with Gasteiger partial charge in [0.05, 0.1) is 24.8 Å². The van der Waals surface area contributed by atoms with Gasteiger partial charge in [0.25, 0.3) is 0 Å². The topological polar surface area (TPSA) is 46.9 Å². The Kier molecular flexibility index (Phi) is 3.53. The number of rotatable bonds is 4. The lowest BCUT2D eigenvalue weighted by Crippen LogP contribution is -2.22. The molecule has 1 heterocycles. The Morgan fingerprint density at radius 1 is 1.41 bits per heavy atom. The van der Waals surface area contributed by atoms with Crippen LogP contribution >= 0.6 is 0 Å². The molecule has 0 aliphatic carbocycles. The zero-order chi connectivity index (χ0) is 12.1. The number of nitrogens with zero attached hydrogens (tertiary/aromatic N) is 2. The highest BCUT2D eigenvalue weighted by Crippen LogP contribution is 2.06. The minimum absolute atomic E-state index is 0.0477. The van der Waals surface area contributed by atoms with Crippen molar-refractivity contribution in [3.8, 4) is 12.3 Å². The molecule has 0 atom stereocenters. The molecule has 4 nitrogen and oxygen atoms in total. The van der Waals surface area contributed by atoms with Crippen LogP contribution < -0.4 is 10.7 Å². The van der Waals surface area contributed by atoms with Crippen LogP contribution in [-0.2, 0) is 6.54 Å². The van der Waals surface area contributed by atoms with Gasteiger partial charge in [-0.15, -0.1) is 6.42 Å². The minimum Gasteiger partial charge on any atom is -0.304 e. The molecule has 2 aromatic rings. The summed E-state index contributed by atoms with van der Waals surface area (Å²) in [5.74, 6) is 2.51. The van der Waals surface area contributed by atoms with E-state index in [1.165, 1.54) is 6.20 Å². The zero-order valence-electron chi connectivity index (χ0n) is 9.39. The second kappa shape index (κ2) is 5.28. The highest BCUT2D eigenvalue weighted by Gasteiger charge is 2.02. The highest BCUT2D eigenvalue weighted by atomic mass is 16.1. The van der Waals surface area contributed by atoms with Gasteiger partial charge in [-0.2, -0.15) is 5.10 Å². The largest absolute Gasteiger partial charge is 0.304 e. The van der Waals surface area contributed by atoms with Crippen LogP contribution in [-0.4, -0.2) is 22.9 Å². The predicted octanol–water partition coefficient (Wildman–Crippen LogP) is 0.619. The molecular formula is C13H13N3O. The summed E-state index contributed by atoms with van der Waals surface area (Å²) in [6.07, 6.45) is 6.49. The number of para-hydroxylation sites is 1. The van der Waals surface area contributed by atoms with Gasteiger partial charge in [-0.05, 0) is 12.1 Å². The quantitative estimate of drug-likeness (QED) is 0.615. The summed E-state index contributed by atoms with van der Waals surface area (Å²) in [6, 6.07) is 7.45. The van der Waals surface area contributed by atoms with Gasteiger partial charge < -0.3 is 5.32 Å². The molecular weight excluding hydrogens is 214 g/mol. The SMILES string of the molecule is C#CCNCCn1ncc(=O)c2ccccc21. The Hall–Kier alpha value is -2.12. The van der Waals surface area contributed by atoms with Gasteiger partial charge in [-0.1, -0.05) is 18.1 Å². The Bertz CT molecular complexity index is 610. The van der Waals surface area contributed by atoms with Gasteiger partial charge in [0, 0.05) is 11.9 Å². The second-order valence-corrected chi connectivity index (χ2v) is 3.63. The smallest absolute Gasteiger partial charge is 0.207 e. The molecule has 1 aromatic heterocycles. The number of terminal acetylenes is 1. The van der Waals surface area contributed by atoms with Crippen molar-refractivity contribution < 1.29 is 0 Å². The van der Waals surface area contributed by atoms with Gasteiger partial charge >= 0.3 is 0 Å². The third-order valence-corrected chi connectivity index (χ3v) is 2.49. The van der Waals surface area contributed by atoms with E-state index in [1.807, 2.05) is 24.3 Å². The van der Waals surface area contributed by atoms with E-state index >= 15 is 0 Å². The highest BCUT2D eigenvalue weighted by molar-refractivity contribution is 5.77. The Labute approximate surface area is 99.3 Å². The van der Waals surface area contributed by atoms with Gasteiger partial charge in [0.2, 0.25) is 5.43 Å². The maximum absolute atomic E-state index is 11.6. The molecule has 1 N–H and O–H groups in total. The summed E-state index contributed by atoms with van der Waals surface area (Å²) in [6.45, 7) is 1.95. The molecule has 0 spiro atoms. The summed E-state index contributed by atoms with van der Waals surface area (Å²) < 4.78 is 1.81. The maximum atomic E-state index is 11.6. The number of fused-ring (bicyclic) bond motifs is 1. The van der Waals surface area contributed by atoms with Crippen molar-refractivity contribution >= 4 is 10.9 Å². The number of hydrogen-bond donors (Lipinski definition) is 1. The van der Waals surface area contributed by atoms with Gasteiger partial charge in [-0.3, -0.25) is 9.48 Å². The molecule has 0 saturated heterocycles. The summed E-state index contributed by atoms with van der Waals surface area (Å²) >= 11 is 0. The molecule has 4 heteroatoms. The predicted molar refractivity (Wildman–Crippen MR) is 67.7 cm³/mol. The molecule has 86 valence electrons. The molecule has 1 aromatic carbocycles. The number of nitrogens with one attached hydrogen (secondary N) is 1. The summed E-state index contributed by atoms with van der Waals surface area (Å²) in [5, 5.41) is 7.90. The third-order valence-electron chi connectivity index (χ3n) is 2.49. The second-order valence-electron chi connectivity index (χ2n) is 3.63. The van der Waals surface area contributed by atoms with E-state index in [0.29, 0.717) is 18.5 Å². The number of aromatic nitrogens is 2. The molecule has 0 aliphatic heterocycles. The van der Waals surface area contributed by atoms with E-state index in [2.05, 4.69) is 16.3 Å². The van der Waals surface area contributed by atoms with Crippen LogP contribution in [0.3, 0.4) is 0 Å². The van der Waals surface area contributed by atoms with Crippen molar-refractivity contribution in [1.82, 2.24) is 15.1 Å². The van der Waals surface area contributed by atoms with E-state index in [1.54, 1.807) is 4.68 Å². The van der Waals surface area contributed by atoms with Gasteiger partial charge in [0.1, 0.15) is 0 Å². The van der Waals surface area contributed by atoms with Crippen molar-refractivity contribution in [2.75, 3.05) is 13.1 Å². The van der Waals surface area contributed by atoms with E-state index < -0.39 is 0 Å². The molecule has 0 fully saturated rings. The lowest BCUT2D eigenvalue weighted by molar-refractivity contribution is 0.582. The fraction of sp³-hybridized carbons (Fsp3) is 0.231. The van der Waals surface area contributed by atoms with Crippen molar-refractivity contribution in [2.24, 2.45) is 0 Å². The molecule has 0 saturated carbocycles. The molecule has 2 rings (SSSR count). The zero-order valence-corrected chi connectivity index (χ0v) is 9.39. The number of benzene rings is 1. The van der Waals surface area contributed by atoms with E-state index in [0.717, 1.165) is 12.1 Å². The third kappa shape index (κ3) is 2.52. The van der Waals surface area contributed by atoms with Crippen molar-refractivity contribution in [3.05, 3.63) is 40.7 Å². The standard InChI is InChI=1S/C13H13N3O/c1-2-7-14-8-9-16-12-6-4-3-5-11(12)13(17)10-15-16/h1,3-6,10,14H,7-9H2. The molecule has 0 bridgehead atoms. The van der Waals surface area contributed by atoms with Crippen LogP contribution in [0.25, 0.3) is 10.9 Å². The van der Waals surface area contributed by atoms with E-state index in [9.17, 15) is 4.79 Å². The minimum atomic E-state index is -0.0477. The Morgan fingerprint density at radius 2 is 2.24 bits per heavy atom. The molecule has 0 unspecified atom stereocenters. The average Bonchev–Trinajstić information content (AvgIpc) is 2.37. The van der Waals surface area contributed by atoms with Crippen molar-refractivity contribution in [2.45, 2.75) is 6.54 Å². The van der Waals surface area contributed by atoms with Crippen LogP contribution in [0, 0.1) is 12.3 Å². The summed E-state index contributed by atoms with van der Waals surface area (Å²) in [5.41, 5.74) is 0.802. The summed E-state index contributed by atoms with van der Waals surface area (Å²) in [4.78, 5) is 11.6. The first-order valence-electron chi connectivity index (χ1n) is 5.42. The molecule has 0 aliphatic rings. The molecule has 0 radical (unpaired) electrons. The van der Waals surface area contributed by atoms with E-state index in [4.69, 9.17) is 6.42 Å². The first-order valence-corrected chi connectivity index (χ1v) is 5.42. The molecule has 17 heavy (non-hydrogen) atoms. The first kappa shape index (κ1) is 11.4. The lowest BCUT2D eigenvalue weighted by Gasteiger charge is -2.08. The monoisotopic (exact) mass is 227 g/mol. The Balaban J connectivity index is 2.26. The van der Waals surface area contributed by atoms with Crippen LogP contribution in [0.1, 0.15) is 0 Å². The van der Waals surface area contributed by atoms with Gasteiger partial charge in [0.15, 0.2) is 0 Å². The first-order chi connectivity index (χ1) is 8.33. The summed E-state index contributed by atoms with van der Waals surface area (Å²) in [7, 11) is 0. The van der Waals surface area contributed by atoms with Crippen molar-refractivity contribution in [3.63, 3.8) is 0 Å².